The highest BCUT2D eigenvalue weighted by Crippen LogP contribution is 2.54. The summed E-state index contributed by atoms with van der Waals surface area (Å²) in [6.07, 6.45) is 0.884. The topological polar surface area (TPSA) is 55.8 Å². The molecule has 1 fully saturated rings. The van der Waals surface area contributed by atoms with Crippen molar-refractivity contribution in [3.8, 4) is 11.5 Å². The van der Waals surface area contributed by atoms with Gasteiger partial charge in [0, 0.05) is 10.0 Å². The summed E-state index contributed by atoms with van der Waals surface area (Å²) in [5.41, 5.74) is -0.946. The summed E-state index contributed by atoms with van der Waals surface area (Å²) in [6.45, 7) is 0.632. The number of fused-ring (bicyclic) bond motifs is 1. The highest BCUT2D eigenvalue weighted by molar-refractivity contribution is 9.10. The van der Waals surface area contributed by atoms with Crippen LogP contribution < -0.4 is 9.47 Å². The average Bonchev–Trinajstić information content (AvgIpc) is 3.10. The zero-order valence-corrected chi connectivity index (χ0v) is 10.9. The van der Waals surface area contributed by atoms with Crippen LogP contribution >= 0.6 is 15.9 Å². The molecule has 0 bridgehead atoms. The van der Waals surface area contributed by atoms with Gasteiger partial charge in [0.25, 0.3) is 0 Å². The lowest BCUT2D eigenvalue weighted by Crippen LogP contribution is -2.24. The summed E-state index contributed by atoms with van der Waals surface area (Å²) in [5, 5.41) is 9.25. The summed E-state index contributed by atoms with van der Waals surface area (Å²) in [5.74, 6) is -1.29. The first-order valence-corrected chi connectivity index (χ1v) is 6.37. The van der Waals surface area contributed by atoms with Crippen molar-refractivity contribution in [3.05, 3.63) is 21.9 Å². The van der Waals surface area contributed by atoms with Crippen molar-refractivity contribution >= 4 is 21.9 Å². The van der Waals surface area contributed by atoms with Crippen molar-refractivity contribution in [1.29, 1.82) is 0 Å². The number of aliphatic carboxylic acids is 1. The van der Waals surface area contributed by atoms with Gasteiger partial charge in [-0.05, 0) is 18.9 Å². The van der Waals surface area contributed by atoms with Crippen LogP contribution in [-0.4, -0.2) is 24.3 Å². The molecule has 1 aromatic rings. The summed E-state index contributed by atoms with van der Waals surface area (Å²) >= 11 is 3.23. The van der Waals surface area contributed by atoms with Crippen LogP contribution in [-0.2, 0) is 10.2 Å². The lowest BCUT2D eigenvalue weighted by Gasteiger charge is -2.23. The molecule has 0 amide bonds. The van der Waals surface area contributed by atoms with Crippen LogP contribution in [0.25, 0.3) is 0 Å². The quantitative estimate of drug-likeness (QED) is 0.910. The molecule has 3 rings (SSSR count). The molecule has 4 nitrogen and oxygen atoms in total. The van der Waals surface area contributed by atoms with Gasteiger partial charge >= 0.3 is 5.97 Å². The fourth-order valence-electron chi connectivity index (χ4n) is 2.25. The van der Waals surface area contributed by atoms with Gasteiger partial charge in [0.15, 0.2) is 17.3 Å². The monoisotopic (exact) mass is 316 g/mol. The minimum Gasteiger partial charge on any atom is -0.486 e. The molecule has 1 N–H and O–H groups in total. The molecule has 0 spiro atoms. The fraction of sp³-hybridized carbons (Fsp3) is 0.417. The number of ether oxygens (including phenoxy) is 2. The molecule has 18 heavy (non-hydrogen) atoms. The molecular formula is C12H10BrFO4. The van der Waals surface area contributed by atoms with E-state index in [1.807, 2.05) is 0 Å². The molecule has 1 aromatic carbocycles. The van der Waals surface area contributed by atoms with Crippen LogP contribution in [0.2, 0.25) is 0 Å². The number of carboxylic acid groups (broad SMARTS) is 1. The second-order valence-electron chi connectivity index (χ2n) is 4.46. The van der Waals surface area contributed by atoms with Crippen LogP contribution in [0, 0.1) is 5.82 Å². The molecule has 0 radical (unpaired) electrons. The highest BCUT2D eigenvalue weighted by atomic mass is 79.9. The lowest BCUT2D eigenvalue weighted by molar-refractivity contribution is -0.140. The van der Waals surface area contributed by atoms with E-state index in [-0.39, 0.29) is 17.9 Å². The molecule has 6 heteroatoms. The van der Waals surface area contributed by atoms with Crippen molar-refractivity contribution in [2.24, 2.45) is 0 Å². The maximum Gasteiger partial charge on any atom is 0.314 e. The molecule has 1 aliphatic heterocycles. The van der Waals surface area contributed by atoms with Gasteiger partial charge in [-0.25, -0.2) is 4.39 Å². The third-order valence-electron chi connectivity index (χ3n) is 3.36. The van der Waals surface area contributed by atoms with Gasteiger partial charge in [0.05, 0.1) is 5.41 Å². The minimum atomic E-state index is -1.11. The molecule has 1 saturated carbocycles. The fourth-order valence-corrected chi connectivity index (χ4v) is 3.01. The number of carbonyl (C=O) groups is 1. The number of halogens is 2. The van der Waals surface area contributed by atoms with Gasteiger partial charge in [0.2, 0.25) is 0 Å². The predicted octanol–water partition coefficient (Wildman–Crippen LogP) is 2.48. The van der Waals surface area contributed by atoms with E-state index < -0.39 is 17.2 Å². The number of benzene rings is 1. The average molecular weight is 317 g/mol. The first kappa shape index (κ1) is 11.8. The Balaban J connectivity index is 2.19. The Morgan fingerprint density at radius 2 is 2.06 bits per heavy atom. The van der Waals surface area contributed by atoms with E-state index >= 15 is 0 Å². The van der Waals surface area contributed by atoms with Crippen molar-refractivity contribution in [3.63, 3.8) is 0 Å². The van der Waals surface area contributed by atoms with Gasteiger partial charge in [-0.15, -0.1) is 0 Å². The van der Waals surface area contributed by atoms with Gasteiger partial charge in [0.1, 0.15) is 13.2 Å². The SMILES string of the molecule is O=C(O)C1(c2c(Br)cc3c(c2F)OCCO3)CC1. The second-order valence-corrected chi connectivity index (χ2v) is 5.31. The van der Waals surface area contributed by atoms with Crippen molar-refractivity contribution in [1.82, 2.24) is 0 Å². The van der Waals surface area contributed by atoms with E-state index in [0.29, 0.717) is 29.7 Å². The van der Waals surface area contributed by atoms with E-state index in [1.165, 1.54) is 0 Å². The molecule has 0 atom stereocenters. The molecule has 1 heterocycles. The maximum atomic E-state index is 14.4. The van der Waals surface area contributed by atoms with E-state index in [2.05, 4.69) is 15.9 Å². The van der Waals surface area contributed by atoms with Gasteiger partial charge < -0.3 is 14.6 Å². The second kappa shape index (κ2) is 3.85. The van der Waals surface area contributed by atoms with Crippen LogP contribution in [0.1, 0.15) is 18.4 Å². The lowest BCUT2D eigenvalue weighted by atomic mass is 9.95. The predicted molar refractivity (Wildman–Crippen MR) is 63.6 cm³/mol. The highest BCUT2D eigenvalue weighted by Gasteiger charge is 2.55. The van der Waals surface area contributed by atoms with Crippen molar-refractivity contribution < 1.29 is 23.8 Å². The Morgan fingerprint density at radius 3 is 2.67 bits per heavy atom. The Hall–Kier alpha value is -1.30. The summed E-state index contributed by atoms with van der Waals surface area (Å²) in [4.78, 5) is 11.3. The van der Waals surface area contributed by atoms with Crippen LogP contribution in [0.15, 0.2) is 10.5 Å². The normalized spacial score (nSPS) is 19.4. The summed E-state index contributed by atoms with van der Waals surface area (Å²) in [7, 11) is 0. The van der Waals surface area contributed by atoms with E-state index in [4.69, 9.17) is 9.47 Å². The molecule has 0 unspecified atom stereocenters. The molecule has 0 aromatic heterocycles. The molecule has 96 valence electrons. The molecule has 1 aliphatic carbocycles. The van der Waals surface area contributed by atoms with Crippen LogP contribution in [0.3, 0.4) is 0 Å². The van der Waals surface area contributed by atoms with E-state index in [0.717, 1.165) is 0 Å². The Bertz CT molecular complexity index is 539. The third kappa shape index (κ3) is 1.51. The van der Waals surface area contributed by atoms with Crippen molar-refractivity contribution in [2.45, 2.75) is 18.3 Å². The first-order chi connectivity index (χ1) is 8.56. The first-order valence-electron chi connectivity index (χ1n) is 5.58. The summed E-state index contributed by atoms with van der Waals surface area (Å²) in [6, 6.07) is 1.58. The molecular weight excluding hydrogens is 307 g/mol. The zero-order chi connectivity index (χ0) is 12.9. The standard InChI is InChI=1S/C12H10BrFO4/c13-6-5-7-10(18-4-3-17-7)9(14)8(6)12(1-2-12)11(15)16/h5H,1-4H2,(H,15,16). The minimum absolute atomic E-state index is 0.0203. The van der Waals surface area contributed by atoms with Gasteiger partial charge in [-0.3, -0.25) is 4.79 Å². The Kier molecular flexibility index (Phi) is 2.52. The van der Waals surface area contributed by atoms with Gasteiger partial charge in [-0.1, -0.05) is 15.9 Å². The molecule has 0 saturated heterocycles. The number of hydrogen-bond acceptors (Lipinski definition) is 3. The number of carboxylic acids is 1. The smallest absolute Gasteiger partial charge is 0.314 e. The van der Waals surface area contributed by atoms with Gasteiger partial charge in [-0.2, -0.15) is 0 Å². The van der Waals surface area contributed by atoms with E-state index in [9.17, 15) is 14.3 Å². The Labute approximate surface area is 111 Å². The largest absolute Gasteiger partial charge is 0.486 e. The van der Waals surface area contributed by atoms with Crippen LogP contribution in [0.4, 0.5) is 4.39 Å². The molecule has 2 aliphatic rings. The zero-order valence-electron chi connectivity index (χ0n) is 9.33. The maximum absolute atomic E-state index is 14.4. The Morgan fingerprint density at radius 1 is 1.39 bits per heavy atom. The van der Waals surface area contributed by atoms with E-state index in [1.54, 1.807) is 6.07 Å². The summed E-state index contributed by atoms with van der Waals surface area (Å²) < 4.78 is 25.4. The van der Waals surface area contributed by atoms with Crippen LogP contribution in [0.5, 0.6) is 11.5 Å². The van der Waals surface area contributed by atoms with Crippen molar-refractivity contribution in [2.75, 3.05) is 13.2 Å². The number of rotatable bonds is 2. The number of hydrogen-bond donors (Lipinski definition) is 1. The third-order valence-corrected chi connectivity index (χ3v) is 3.99.